The molecule has 6 nitrogen and oxygen atoms in total. The summed E-state index contributed by atoms with van der Waals surface area (Å²) in [5.74, 6) is -0.288. The molecule has 0 radical (unpaired) electrons. The van der Waals surface area contributed by atoms with E-state index in [0.29, 0.717) is 36.3 Å². The molecule has 1 aliphatic carbocycles. The summed E-state index contributed by atoms with van der Waals surface area (Å²) in [6.45, 7) is 2.71. The molecule has 2 fully saturated rings. The molecule has 27 heavy (non-hydrogen) atoms. The molecule has 1 amide bonds. The molecule has 1 saturated heterocycles. The van der Waals surface area contributed by atoms with Gasteiger partial charge in [0.1, 0.15) is 5.82 Å². The number of halogens is 1. The SMILES string of the molecule is O=C(CN1CCC(NCc2cc(=O)c3cccc(F)c3[nH]2)CC1)NC1CC1. The lowest BCUT2D eigenvalue weighted by atomic mass is 10.0. The van der Waals surface area contributed by atoms with Crippen molar-refractivity contribution >= 4 is 16.8 Å². The van der Waals surface area contributed by atoms with E-state index < -0.39 is 5.82 Å². The van der Waals surface area contributed by atoms with Gasteiger partial charge in [0.2, 0.25) is 5.91 Å². The fraction of sp³-hybridized carbons (Fsp3) is 0.500. The molecule has 7 heteroatoms. The lowest BCUT2D eigenvalue weighted by Gasteiger charge is -2.32. The molecule has 0 atom stereocenters. The molecule has 1 saturated carbocycles. The van der Waals surface area contributed by atoms with Crippen LogP contribution in [-0.2, 0) is 11.3 Å². The summed E-state index contributed by atoms with van der Waals surface area (Å²) < 4.78 is 13.9. The number of benzene rings is 1. The Morgan fingerprint density at radius 1 is 1.19 bits per heavy atom. The Labute approximate surface area is 157 Å². The van der Waals surface area contributed by atoms with Crippen LogP contribution in [0.3, 0.4) is 0 Å². The number of hydrogen-bond donors (Lipinski definition) is 3. The molecule has 1 aromatic heterocycles. The van der Waals surface area contributed by atoms with Crippen molar-refractivity contribution in [3.05, 3.63) is 46.0 Å². The number of aromatic amines is 1. The van der Waals surface area contributed by atoms with Gasteiger partial charge in [-0.05, 0) is 37.8 Å². The zero-order valence-electron chi connectivity index (χ0n) is 15.3. The molecule has 4 rings (SSSR count). The van der Waals surface area contributed by atoms with Crippen molar-refractivity contribution in [2.45, 2.75) is 44.3 Å². The fourth-order valence-corrected chi connectivity index (χ4v) is 3.64. The van der Waals surface area contributed by atoms with Crippen LogP contribution in [-0.4, -0.2) is 47.5 Å². The van der Waals surface area contributed by atoms with Gasteiger partial charge in [-0.25, -0.2) is 4.39 Å². The van der Waals surface area contributed by atoms with E-state index >= 15 is 0 Å². The Morgan fingerprint density at radius 2 is 1.96 bits per heavy atom. The van der Waals surface area contributed by atoms with Gasteiger partial charge < -0.3 is 15.6 Å². The highest BCUT2D eigenvalue weighted by Gasteiger charge is 2.25. The van der Waals surface area contributed by atoms with Gasteiger partial charge in [0.05, 0.1) is 12.1 Å². The van der Waals surface area contributed by atoms with Crippen LogP contribution in [0.25, 0.3) is 10.9 Å². The average Bonchev–Trinajstić information content (AvgIpc) is 3.46. The van der Waals surface area contributed by atoms with E-state index in [4.69, 9.17) is 0 Å². The molecule has 0 bridgehead atoms. The minimum absolute atomic E-state index is 0.125. The summed E-state index contributed by atoms with van der Waals surface area (Å²) in [4.78, 5) is 29.3. The number of fused-ring (bicyclic) bond motifs is 1. The first-order valence-corrected chi connectivity index (χ1v) is 9.64. The topological polar surface area (TPSA) is 77.2 Å². The van der Waals surface area contributed by atoms with E-state index in [2.05, 4.69) is 20.5 Å². The Morgan fingerprint density at radius 3 is 2.70 bits per heavy atom. The lowest BCUT2D eigenvalue weighted by molar-refractivity contribution is -0.122. The van der Waals surface area contributed by atoms with E-state index in [0.717, 1.165) is 38.8 Å². The van der Waals surface area contributed by atoms with E-state index in [-0.39, 0.29) is 16.9 Å². The van der Waals surface area contributed by atoms with Crippen molar-refractivity contribution in [3.63, 3.8) is 0 Å². The van der Waals surface area contributed by atoms with Gasteiger partial charge in [0.15, 0.2) is 5.43 Å². The first-order valence-electron chi connectivity index (χ1n) is 9.64. The average molecular weight is 372 g/mol. The number of aromatic nitrogens is 1. The molecule has 3 N–H and O–H groups in total. The number of carbonyl (C=O) groups is 1. The number of para-hydroxylation sites is 1. The standard InChI is InChI=1S/C20H25FN4O2/c21-17-3-1-2-16-18(26)10-15(24-20(16)17)11-22-13-6-8-25(9-7-13)12-19(27)23-14-4-5-14/h1-3,10,13-14,22H,4-9,11-12H2,(H,23,27)(H,24,26). The molecular weight excluding hydrogens is 347 g/mol. The van der Waals surface area contributed by atoms with Gasteiger partial charge in [0, 0.05) is 48.9 Å². The van der Waals surface area contributed by atoms with Gasteiger partial charge in [-0.3, -0.25) is 14.5 Å². The maximum absolute atomic E-state index is 13.9. The largest absolute Gasteiger partial charge is 0.355 e. The highest BCUT2D eigenvalue weighted by molar-refractivity contribution is 5.79. The van der Waals surface area contributed by atoms with Crippen LogP contribution >= 0.6 is 0 Å². The number of nitrogens with one attached hydrogen (secondary N) is 3. The second-order valence-corrected chi connectivity index (χ2v) is 7.59. The number of H-pyrrole nitrogens is 1. The minimum atomic E-state index is -0.413. The molecule has 0 spiro atoms. The Kier molecular flexibility index (Phi) is 5.22. The molecule has 0 unspecified atom stereocenters. The third-order valence-electron chi connectivity index (χ3n) is 5.35. The smallest absolute Gasteiger partial charge is 0.234 e. The van der Waals surface area contributed by atoms with Gasteiger partial charge in [0.25, 0.3) is 0 Å². The Bertz CT molecular complexity index is 885. The number of nitrogens with zero attached hydrogens (tertiary/aromatic N) is 1. The first-order chi connectivity index (χ1) is 13.1. The number of rotatable bonds is 6. The summed E-state index contributed by atoms with van der Waals surface area (Å²) in [7, 11) is 0. The molecule has 1 aliphatic heterocycles. The van der Waals surface area contributed by atoms with Gasteiger partial charge in [-0.2, -0.15) is 0 Å². The van der Waals surface area contributed by atoms with E-state index in [1.807, 2.05) is 0 Å². The minimum Gasteiger partial charge on any atom is -0.355 e. The van der Waals surface area contributed by atoms with Crippen LogP contribution in [0.5, 0.6) is 0 Å². The molecule has 2 heterocycles. The second-order valence-electron chi connectivity index (χ2n) is 7.59. The number of hydrogen-bond acceptors (Lipinski definition) is 4. The maximum atomic E-state index is 13.9. The number of amides is 1. The second kappa shape index (κ2) is 7.78. The van der Waals surface area contributed by atoms with Crippen molar-refractivity contribution in [1.82, 2.24) is 20.5 Å². The number of carbonyl (C=O) groups excluding carboxylic acids is 1. The van der Waals surface area contributed by atoms with Crippen LogP contribution in [0.2, 0.25) is 0 Å². The van der Waals surface area contributed by atoms with Crippen LogP contribution in [0.15, 0.2) is 29.1 Å². The van der Waals surface area contributed by atoms with Crippen molar-refractivity contribution in [2.75, 3.05) is 19.6 Å². The predicted octanol–water partition coefficient (Wildman–Crippen LogP) is 1.50. The maximum Gasteiger partial charge on any atom is 0.234 e. The van der Waals surface area contributed by atoms with Gasteiger partial charge >= 0.3 is 0 Å². The summed E-state index contributed by atoms with van der Waals surface area (Å²) in [5, 5.41) is 6.84. The van der Waals surface area contributed by atoms with E-state index in [9.17, 15) is 14.0 Å². The highest BCUT2D eigenvalue weighted by atomic mass is 19.1. The summed E-state index contributed by atoms with van der Waals surface area (Å²) in [5.41, 5.74) is 0.777. The van der Waals surface area contributed by atoms with Gasteiger partial charge in [-0.1, -0.05) is 6.07 Å². The molecule has 2 aromatic rings. The highest BCUT2D eigenvalue weighted by Crippen LogP contribution is 2.19. The van der Waals surface area contributed by atoms with E-state index in [1.165, 1.54) is 12.1 Å². The zero-order valence-corrected chi connectivity index (χ0v) is 15.3. The Hall–Kier alpha value is -2.25. The predicted molar refractivity (Wildman–Crippen MR) is 102 cm³/mol. The Balaban J connectivity index is 1.28. The summed E-state index contributed by atoms with van der Waals surface area (Å²) in [6.07, 6.45) is 4.11. The quantitative estimate of drug-likeness (QED) is 0.718. The number of pyridine rings is 1. The first kappa shape index (κ1) is 18.1. The van der Waals surface area contributed by atoms with Crippen molar-refractivity contribution in [3.8, 4) is 0 Å². The fourth-order valence-electron chi connectivity index (χ4n) is 3.64. The molecule has 144 valence electrons. The third-order valence-corrected chi connectivity index (χ3v) is 5.35. The molecular formula is C20H25FN4O2. The summed E-state index contributed by atoms with van der Waals surface area (Å²) in [6, 6.07) is 6.79. The van der Waals surface area contributed by atoms with Crippen LogP contribution in [0.4, 0.5) is 4.39 Å². The summed E-state index contributed by atoms with van der Waals surface area (Å²) >= 11 is 0. The van der Waals surface area contributed by atoms with Crippen molar-refractivity contribution in [1.29, 1.82) is 0 Å². The number of likely N-dealkylation sites (tertiary alicyclic amines) is 1. The number of piperidine rings is 1. The van der Waals surface area contributed by atoms with Crippen molar-refractivity contribution in [2.24, 2.45) is 0 Å². The molecule has 1 aromatic carbocycles. The molecule has 2 aliphatic rings. The lowest BCUT2D eigenvalue weighted by Crippen LogP contribution is -2.46. The van der Waals surface area contributed by atoms with E-state index in [1.54, 1.807) is 12.1 Å². The third kappa shape index (κ3) is 4.54. The van der Waals surface area contributed by atoms with Crippen LogP contribution in [0, 0.1) is 5.82 Å². The zero-order chi connectivity index (χ0) is 18.8. The van der Waals surface area contributed by atoms with Crippen LogP contribution in [0.1, 0.15) is 31.4 Å². The van der Waals surface area contributed by atoms with Crippen LogP contribution < -0.4 is 16.1 Å². The monoisotopic (exact) mass is 372 g/mol. The van der Waals surface area contributed by atoms with Gasteiger partial charge in [-0.15, -0.1) is 0 Å². The normalized spacial score (nSPS) is 18.7. The van der Waals surface area contributed by atoms with Crippen molar-refractivity contribution < 1.29 is 9.18 Å².